The highest BCUT2D eigenvalue weighted by molar-refractivity contribution is 7.89. The summed E-state index contributed by atoms with van der Waals surface area (Å²) in [7, 11) is -4.12. The summed E-state index contributed by atoms with van der Waals surface area (Å²) in [6.45, 7) is 1.26. The summed E-state index contributed by atoms with van der Waals surface area (Å²) >= 11 is 7.44. The molecule has 3 aromatic heterocycles. The van der Waals surface area contributed by atoms with E-state index >= 15 is 4.39 Å². The van der Waals surface area contributed by atoms with Crippen molar-refractivity contribution in [2.45, 2.75) is 23.7 Å². The summed E-state index contributed by atoms with van der Waals surface area (Å²) in [6, 6.07) is 7.49. The molecule has 34 heavy (non-hydrogen) atoms. The van der Waals surface area contributed by atoms with Crippen LogP contribution >= 0.6 is 22.9 Å². The topological polar surface area (TPSA) is 121 Å². The first kappa shape index (κ1) is 23.1. The summed E-state index contributed by atoms with van der Waals surface area (Å²) < 4.78 is 50.6. The number of primary sulfonamides is 1. The van der Waals surface area contributed by atoms with Crippen molar-refractivity contribution in [3.63, 3.8) is 0 Å². The molecule has 1 saturated heterocycles. The van der Waals surface area contributed by atoms with E-state index in [9.17, 15) is 8.42 Å². The van der Waals surface area contributed by atoms with Gasteiger partial charge in [-0.25, -0.2) is 32.9 Å². The standard InChI is InChI=1S/C22H18ClFN4O4S2/c23-22-26-8-4-15(27-22)20-18(28-21(33-20)12-5-9-31-10-6-12)13-2-1-3-14(17(13)24)19-16(7-11-32-19)34(25,29)30/h1-4,7-8,11-12H,5-6,9-10H2,(H2,25,29,30). The Morgan fingerprint density at radius 2 is 1.88 bits per heavy atom. The summed E-state index contributed by atoms with van der Waals surface area (Å²) in [4.78, 5) is 13.4. The zero-order valence-corrected chi connectivity index (χ0v) is 20.0. The summed E-state index contributed by atoms with van der Waals surface area (Å²) in [5.41, 5.74) is 1.02. The fourth-order valence-corrected chi connectivity index (χ4v) is 5.91. The van der Waals surface area contributed by atoms with Gasteiger partial charge in [0.05, 0.1) is 33.1 Å². The van der Waals surface area contributed by atoms with Gasteiger partial charge in [0.15, 0.2) is 5.76 Å². The molecular formula is C22H18ClFN4O4S2. The number of benzene rings is 1. The number of ether oxygens (including phenoxy) is 1. The zero-order valence-electron chi connectivity index (χ0n) is 17.6. The third kappa shape index (κ3) is 4.37. The van der Waals surface area contributed by atoms with Crippen molar-refractivity contribution in [1.29, 1.82) is 0 Å². The molecule has 4 heterocycles. The Morgan fingerprint density at radius 3 is 2.62 bits per heavy atom. The van der Waals surface area contributed by atoms with Crippen LogP contribution in [-0.2, 0) is 14.8 Å². The van der Waals surface area contributed by atoms with Crippen molar-refractivity contribution >= 4 is 33.0 Å². The van der Waals surface area contributed by atoms with Gasteiger partial charge >= 0.3 is 0 Å². The monoisotopic (exact) mass is 520 g/mol. The first-order chi connectivity index (χ1) is 16.3. The van der Waals surface area contributed by atoms with E-state index in [1.807, 2.05) is 0 Å². The largest absolute Gasteiger partial charge is 0.463 e. The van der Waals surface area contributed by atoms with Crippen molar-refractivity contribution in [2.24, 2.45) is 5.14 Å². The van der Waals surface area contributed by atoms with Gasteiger partial charge in [0.2, 0.25) is 15.3 Å². The second-order valence-corrected chi connectivity index (χ2v) is 10.6. The molecule has 5 rings (SSSR count). The van der Waals surface area contributed by atoms with E-state index < -0.39 is 15.8 Å². The minimum Gasteiger partial charge on any atom is -0.463 e. The molecular weight excluding hydrogens is 503 g/mol. The average Bonchev–Trinajstić information content (AvgIpc) is 3.48. The molecule has 8 nitrogen and oxygen atoms in total. The number of hydrogen-bond acceptors (Lipinski definition) is 8. The van der Waals surface area contributed by atoms with Gasteiger partial charge in [0, 0.05) is 30.9 Å². The summed E-state index contributed by atoms with van der Waals surface area (Å²) in [5.74, 6) is -0.685. The predicted molar refractivity (Wildman–Crippen MR) is 125 cm³/mol. The molecule has 0 bridgehead atoms. The van der Waals surface area contributed by atoms with Crippen LogP contribution in [0.1, 0.15) is 23.8 Å². The van der Waals surface area contributed by atoms with Gasteiger partial charge in [0.1, 0.15) is 10.7 Å². The van der Waals surface area contributed by atoms with Crippen LogP contribution in [0, 0.1) is 5.82 Å². The molecule has 0 atom stereocenters. The Labute approximate surface area is 203 Å². The van der Waals surface area contributed by atoms with E-state index in [1.165, 1.54) is 29.7 Å². The Bertz CT molecular complexity index is 1470. The fourth-order valence-electron chi connectivity index (χ4n) is 3.88. The quantitative estimate of drug-likeness (QED) is 0.373. The number of sulfonamides is 1. The molecule has 2 N–H and O–H groups in total. The van der Waals surface area contributed by atoms with E-state index in [4.69, 9.17) is 30.9 Å². The lowest BCUT2D eigenvalue weighted by Gasteiger charge is -2.19. The number of aromatic nitrogens is 3. The number of nitrogens with zero attached hydrogens (tertiary/aromatic N) is 3. The van der Waals surface area contributed by atoms with Crippen molar-refractivity contribution in [2.75, 3.05) is 13.2 Å². The number of furan rings is 1. The number of nitrogens with two attached hydrogens (primary N) is 1. The third-order valence-electron chi connectivity index (χ3n) is 5.51. The molecule has 1 fully saturated rings. The van der Waals surface area contributed by atoms with Gasteiger partial charge in [-0.15, -0.1) is 11.3 Å². The van der Waals surface area contributed by atoms with E-state index in [0.29, 0.717) is 29.5 Å². The zero-order chi connectivity index (χ0) is 23.9. The molecule has 1 aliphatic heterocycles. The highest BCUT2D eigenvalue weighted by Crippen LogP contribution is 2.43. The Hall–Kier alpha value is -2.70. The van der Waals surface area contributed by atoms with Gasteiger partial charge in [-0.2, -0.15) is 0 Å². The second kappa shape index (κ2) is 9.16. The number of rotatable bonds is 5. The van der Waals surface area contributed by atoms with Crippen LogP contribution in [-0.4, -0.2) is 36.6 Å². The normalized spacial score (nSPS) is 15.0. The molecule has 0 spiro atoms. The highest BCUT2D eigenvalue weighted by atomic mass is 35.5. The molecule has 176 valence electrons. The van der Waals surface area contributed by atoms with Gasteiger partial charge < -0.3 is 9.15 Å². The Morgan fingerprint density at radius 1 is 1.12 bits per heavy atom. The van der Waals surface area contributed by atoms with E-state index in [2.05, 4.69) is 9.97 Å². The molecule has 12 heteroatoms. The highest BCUT2D eigenvalue weighted by Gasteiger charge is 2.27. The van der Waals surface area contributed by atoms with Gasteiger partial charge in [-0.3, -0.25) is 0 Å². The molecule has 1 aliphatic rings. The summed E-state index contributed by atoms with van der Waals surface area (Å²) in [6.07, 6.45) is 4.30. The van der Waals surface area contributed by atoms with Crippen LogP contribution in [0.2, 0.25) is 5.28 Å². The lowest BCUT2D eigenvalue weighted by atomic mass is 10.0. The van der Waals surface area contributed by atoms with Gasteiger partial charge in [-0.05, 0) is 48.7 Å². The van der Waals surface area contributed by atoms with Crippen LogP contribution in [0.3, 0.4) is 0 Å². The van der Waals surface area contributed by atoms with E-state index in [-0.39, 0.29) is 33.0 Å². The molecule has 0 amide bonds. The van der Waals surface area contributed by atoms with Crippen LogP contribution in [0.15, 0.2) is 52.1 Å². The van der Waals surface area contributed by atoms with E-state index in [1.54, 1.807) is 18.2 Å². The van der Waals surface area contributed by atoms with Crippen molar-refractivity contribution < 1.29 is 22.0 Å². The number of thiazole rings is 1. The molecule has 0 unspecified atom stereocenters. The smallest absolute Gasteiger partial charge is 0.241 e. The SMILES string of the molecule is NS(=O)(=O)c1ccoc1-c1cccc(-c2nc(C3CCOCC3)sc2-c2ccnc(Cl)n2)c1F. The first-order valence-corrected chi connectivity index (χ1v) is 13.0. The van der Waals surface area contributed by atoms with Crippen molar-refractivity contribution in [3.8, 4) is 33.2 Å². The van der Waals surface area contributed by atoms with Gasteiger partial charge in [0.25, 0.3) is 0 Å². The maximum absolute atomic E-state index is 15.9. The third-order valence-corrected chi connectivity index (χ3v) is 7.86. The minimum absolute atomic E-state index is 0.0428. The Kier molecular flexibility index (Phi) is 6.21. The maximum atomic E-state index is 15.9. The molecule has 0 radical (unpaired) electrons. The maximum Gasteiger partial charge on any atom is 0.241 e. The van der Waals surface area contributed by atoms with E-state index in [0.717, 1.165) is 24.1 Å². The first-order valence-electron chi connectivity index (χ1n) is 10.3. The number of halogens is 2. The lowest BCUT2D eigenvalue weighted by Crippen LogP contribution is -2.13. The van der Waals surface area contributed by atoms with Crippen LogP contribution < -0.4 is 5.14 Å². The average molecular weight is 521 g/mol. The molecule has 0 aliphatic carbocycles. The lowest BCUT2D eigenvalue weighted by molar-refractivity contribution is 0.0853. The fraction of sp³-hybridized carbons (Fsp3) is 0.227. The Balaban J connectivity index is 1.69. The van der Waals surface area contributed by atoms with Gasteiger partial charge in [-0.1, -0.05) is 6.07 Å². The minimum atomic E-state index is -4.12. The number of hydrogen-bond donors (Lipinski definition) is 1. The second-order valence-electron chi connectivity index (χ2n) is 7.65. The molecule has 1 aromatic carbocycles. The molecule has 4 aromatic rings. The summed E-state index contributed by atoms with van der Waals surface area (Å²) in [5, 5.41) is 6.19. The molecule has 0 saturated carbocycles. The van der Waals surface area contributed by atoms with Crippen molar-refractivity contribution in [1.82, 2.24) is 15.0 Å². The van der Waals surface area contributed by atoms with Crippen LogP contribution in [0.4, 0.5) is 4.39 Å². The van der Waals surface area contributed by atoms with Crippen LogP contribution in [0.5, 0.6) is 0 Å². The van der Waals surface area contributed by atoms with Crippen molar-refractivity contribution in [3.05, 3.63) is 58.9 Å². The van der Waals surface area contributed by atoms with Crippen LogP contribution in [0.25, 0.3) is 33.2 Å². The predicted octanol–water partition coefficient (Wildman–Crippen LogP) is 4.86.